The first kappa shape index (κ1) is 15.8. The van der Waals surface area contributed by atoms with E-state index < -0.39 is 0 Å². The number of anilines is 2. The van der Waals surface area contributed by atoms with Gasteiger partial charge in [0.15, 0.2) is 0 Å². The molecule has 0 aliphatic heterocycles. The van der Waals surface area contributed by atoms with Gasteiger partial charge in [-0.3, -0.25) is 9.59 Å². The molecule has 0 atom stereocenters. The molecule has 0 aliphatic carbocycles. The van der Waals surface area contributed by atoms with Gasteiger partial charge in [-0.1, -0.05) is 0 Å². The maximum absolute atomic E-state index is 12.1. The van der Waals surface area contributed by atoms with Crippen molar-refractivity contribution >= 4 is 49.1 Å². The van der Waals surface area contributed by atoms with Gasteiger partial charge < -0.3 is 15.6 Å². The number of carbonyl (C=O) groups is 1. The first-order valence-corrected chi connectivity index (χ1v) is 7.67. The molecule has 5 nitrogen and oxygen atoms in total. The molecule has 1 aromatic carbocycles. The predicted octanol–water partition coefficient (Wildman–Crippen LogP) is 2.90. The SMILES string of the molecule is Cc1cc(Br)c(NC(=O)Cn2cc(N)ccc2=O)c(Br)c1. The Morgan fingerprint density at radius 1 is 1.29 bits per heavy atom. The van der Waals surface area contributed by atoms with Crippen molar-refractivity contribution in [2.24, 2.45) is 0 Å². The highest BCUT2D eigenvalue weighted by Gasteiger charge is 2.11. The summed E-state index contributed by atoms with van der Waals surface area (Å²) in [6, 6.07) is 6.63. The number of benzene rings is 1. The maximum atomic E-state index is 12.1. The summed E-state index contributed by atoms with van der Waals surface area (Å²) < 4.78 is 2.80. The Bertz CT molecular complexity index is 733. The third kappa shape index (κ3) is 3.95. The lowest BCUT2D eigenvalue weighted by molar-refractivity contribution is -0.116. The van der Waals surface area contributed by atoms with Crippen LogP contribution in [0.25, 0.3) is 0 Å². The van der Waals surface area contributed by atoms with Crippen LogP contribution in [0.2, 0.25) is 0 Å². The molecule has 21 heavy (non-hydrogen) atoms. The van der Waals surface area contributed by atoms with Gasteiger partial charge in [-0.25, -0.2) is 0 Å². The maximum Gasteiger partial charge on any atom is 0.251 e. The number of hydrogen-bond donors (Lipinski definition) is 2. The minimum atomic E-state index is -0.312. The molecule has 1 heterocycles. The second-order valence-electron chi connectivity index (χ2n) is 4.58. The molecule has 0 unspecified atom stereocenters. The van der Waals surface area contributed by atoms with Gasteiger partial charge in [0.05, 0.1) is 5.69 Å². The van der Waals surface area contributed by atoms with E-state index in [2.05, 4.69) is 37.2 Å². The van der Waals surface area contributed by atoms with E-state index in [1.54, 1.807) is 0 Å². The van der Waals surface area contributed by atoms with Crippen molar-refractivity contribution in [3.8, 4) is 0 Å². The smallest absolute Gasteiger partial charge is 0.251 e. The fraction of sp³-hybridized carbons (Fsp3) is 0.143. The van der Waals surface area contributed by atoms with Crippen molar-refractivity contribution in [1.82, 2.24) is 4.57 Å². The number of nitrogen functional groups attached to an aromatic ring is 1. The summed E-state index contributed by atoms with van der Waals surface area (Å²) >= 11 is 6.81. The molecular formula is C14H13Br2N3O2. The van der Waals surface area contributed by atoms with Crippen LogP contribution in [0.5, 0.6) is 0 Å². The van der Waals surface area contributed by atoms with Crippen molar-refractivity contribution in [1.29, 1.82) is 0 Å². The van der Waals surface area contributed by atoms with Crippen LogP contribution < -0.4 is 16.6 Å². The summed E-state index contributed by atoms with van der Waals surface area (Å²) in [6.45, 7) is 1.85. The third-order valence-corrected chi connectivity index (χ3v) is 4.02. The second kappa shape index (κ2) is 6.44. The Balaban J connectivity index is 2.19. The minimum Gasteiger partial charge on any atom is -0.398 e. The lowest BCUT2D eigenvalue weighted by atomic mass is 10.2. The van der Waals surface area contributed by atoms with E-state index >= 15 is 0 Å². The molecule has 0 saturated heterocycles. The number of halogens is 2. The largest absolute Gasteiger partial charge is 0.398 e. The topological polar surface area (TPSA) is 77.1 Å². The Hall–Kier alpha value is -1.60. The van der Waals surface area contributed by atoms with Gasteiger partial charge in [0, 0.05) is 26.9 Å². The lowest BCUT2D eigenvalue weighted by Gasteiger charge is -2.12. The van der Waals surface area contributed by atoms with Crippen molar-refractivity contribution < 1.29 is 4.79 Å². The average molecular weight is 415 g/mol. The highest BCUT2D eigenvalue weighted by atomic mass is 79.9. The Labute approximate surface area is 138 Å². The van der Waals surface area contributed by atoms with Gasteiger partial charge in [-0.15, -0.1) is 0 Å². The summed E-state index contributed by atoms with van der Waals surface area (Å²) in [5, 5.41) is 2.77. The zero-order chi connectivity index (χ0) is 15.6. The lowest BCUT2D eigenvalue weighted by Crippen LogP contribution is -2.27. The van der Waals surface area contributed by atoms with E-state index in [9.17, 15) is 9.59 Å². The first-order valence-electron chi connectivity index (χ1n) is 6.08. The fourth-order valence-corrected chi connectivity index (χ4v) is 3.44. The van der Waals surface area contributed by atoms with Gasteiger partial charge in [-0.2, -0.15) is 0 Å². The van der Waals surface area contributed by atoms with E-state index in [1.807, 2.05) is 19.1 Å². The standard InChI is InChI=1S/C14H13Br2N3O2/c1-8-4-10(15)14(11(16)5-8)18-12(20)7-19-6-9(17)2-3-13(19)21/h2-6H,7,17H2,1H3,(H,18,20). The highest BCUT2D eigenvalue weighted by molar-refractivity contribution is 9.11. The Kier molecular flexibility index (Phi) is 4.84. The number of hydrogen-bond acceptors (Lipinski definition) is 3. The molecule has 1 aromatic heterocycles. The fourth-order valence-electron chi connectivity index (χ4n) is 1.83. The van der Waals surface area contributed by atoms with Gasteiger partial charge in [-0.05, 0) is 62.5 Å². The molecule has 0 spiro atoms. The summed E-state index contributed by atoms with van der Waals surface area (Å²) in [7, 11) is 0. The van der Waals surface area contributed by atoms with Gasteiger partial charge in [0.25, 0.3) is 5.56 Å². The zero-order valence-electron chi connectivity index (χ0n) is 11.2. The molecule has 0 bridgehead atoms. The van der Waals surface area contributed by atoms with E-state index in [1.165, 1.54) is 22.9 Å². The Morgan fingerprint density at radius 2 is 1.90 bits per heavy atom. The van der Waals surface area contributed by atoms with Crippen LogP contribution >= 0.6 is 31.9 Å². The van der Waals surface area contributed by atoms with Crippen LogP contribution in [0.3, 0.4) is 0 Å². The summed E-state index contributed by atoms with van der Waals surface area (Å²) in [6.07, 6.45) is 1.45. The number of aromatic nitrogens is 1. The second-order valence-corrected chi connectivity index (χ2v) is 6.29. The van der Waals surface area contributed by atoms with Crippen molar-refractivity contribution in [2.45, 2.75) is 13.5 Å². The first-order chi connectivity index (χ1) is 9.86. The average Bonchev–Trinajstić information content (AvgIpc) is 2.38. The molecule has 1 amide bonds. The number of nitrogens with zero attached hydrogens (tertiary/aromatic N) is 1. The number of rotatable bonds is 3. The number of aryl methyl sites for hydroxylation is 1. The molecule has 0 fully saturated rings. The van der Waals surface area contributed by atoms with Gasteiger partial charge in [0.2, 0.25) is 5.91 Å². The van der Waals surface area contributed by atoms with Crippen molar-refractivity contribution in [3.05, 3.63) is 55.3 Å². The number of nitrogens with two attached hydrogens (primary N) is 1. The van der Waals surface area contributed by atoms with Crippen molar-refractivity contribution in [3.63, 3.8) is 0 Å². The third-order valence-electron chi connectivity index (χ3n) is 2.77. The molecule has 2 rings (SSSR count). The molecule has 0 radical (unpaired) electrons. The quantitative estimate of drug-likeness (QED) is 0.810. The molecule has 7 heteroatoms. The Morgan fingerprint density at radius 3 is 2.52 bits per heavy atom. The molecule has 2 aromatic rings. The summed E-state index contributed by atoms with van der Waals surface area (Å²) in [5.41, 5.74) is 7.45. The monoisotopic (exact) mass is 413 g/mol. The van der Waals surface area contributed by atoms with E-state index in [4.69, 9.17) is 5.73 Å². The zero-order valence-corrected chi connectivity index (χ0v) is 14.4. The molecular weight excluding hydrogens is 402 g/mol. The van der Waals surface area contributed by atoms with Crippen LogP contribution in [0.4, 0.5) is 11.4 Å². The summed E-state index contributed by atoms with van der Waals surface area (Å²) in [5.74, 6) is -0.312. The van der Waals surface area contributed by atoms with Crippen LogP contribution in [0.1, 0.15) is 5.56 Å². The van der Waals surface area contributed by atoms with Crippen LogP contribution in [-0.4, -0.2) is 10.5 Å². The van der Waals surface area contributed by atoms with Crippen LogP contribution in [-0.2, 0) is 11.3 Å². The molecule has 3 N–H and O–H groups in total. The van der Waals surface area contributed by atoms with Crippen LogP contribution in [0, 0.1) is 6.92 Å². The summed E-state index contributed by atoms with van der Waals surface area (Å²) in [4.78, 5) is 23.7. The van der Waals surface area contributed by atoms with E-state index in [-0.39, 0.29) is 18.0 Å². The van der Waals surface area contributed by atoms with Gasteiger partial charge in [0.1, 0.15) is 6.54 Å². The molecule has 110 valence electrons. The molecule has 0 aliphatic rings. The minimum absolute atomic E-state index is 0.101. The number of pyridine rings is 1. The number of carbonyl (C=O) groups excluding carboxylic acids is 1. The highest BCUT2D eigenvalue weighted by Crippen LogP contribution is 2.32. The van der Waals surface area contributed by atoms with E-state index in [0.717, 1.165) is 14.5 Å². The van der Waals surface area contributed by atoms with Crippen molar-refractivity contribution in [2.75, 3.05) is 11.1 Å². The van der Waals surface area contributed by atoms with Gasteiger partial charge >= 0.3 is 0 Å². The number of nitrogens with one attached hydrogen (secondary N) is 1. The normalized spacial score (nSPS) is 10.4. The predicted molar refractivity (Wildman–Crippen MR) is 90.3 cm³/mol. The number of amides is 1. The molecule has 0 saturated carbocycles. The van der Waals surface area contributed by atoms with E-state index in [0.29, 0.717) is 11.4 Å². The van der Waals surface area contributed by atoms with Crippen LogP contribution in [0.15, 0.2) is 44.2 Å².